The molecular formula is C8H16NO6P. The second kappa shape index (κ2) is 6.08. The summed E-state index contributed by atoms with van der Waals surface area (Å²) in [4.78, 5) is 22.2. The Balaban J connectivity index is 5.36. The van der Waals surface area contributed by atoms with E-state index in [9.17, 15) is 14.3 Å². The number of ether oxygens (including phenoxy) is 1. The van der Waals surface area contributed by atoms with Crippen LogP contribution in [0, 0.1) is 4.91 Å². The van der Waals surface area contributed by atoms with E-state index in [0.29, 0.717) is 0 Å². The lowest BCUT2D eigenvalue weighted by atomic mass is 10.4. The van der Waals surface area contributed by atoms with Crippen LogP contribution in [0.3, 0.4) is 0 Å². The van der Waals surface area contributed by atoms with E-state index in [4.69, 9.17) is 9.05 Å². The predicted octanol–water partition coefficient (Wildman–Crippen LogP) is 1.91. The Morgan fingerprint density at radius 3 is 2.00 bits per heavy atom. The summed E-state index contributed by atoms with van der Waals surface area (Å²) in [6.07, 6.45) is 0. The molecule has 0 aromatic heterocycles. The van der Waals surface area contributed by atoms with Gasteiger partial charge in [-0.3, -0.25) is 4.57 Å². The molecule has 0 aromatic rings. The van der Waals surface area contributed by atoms with Crippen LogP contribution in [0.5, 0.6) is 0 Å². The molecule has 0 saturated heterocycles. The number of nitrogens with zero attached hydrogens (tertiary/aromatic N) is 1. The van der Waals surface area contributed by atoms with E-state index < -0.39 is 18.8 Å². The lowest BCUT2D eigenvalue weighted by molar-refractivity contribution is -0.143. The van der Waals surface area contributed by atoms with Gasteiger partial charge in [0.2, 0.25) is 0 Å². The zero-order valence-electron chi connectivity index (χ0n) is 9.76. The number of methoxy groups -OCH3 is 1. The van der Waals surface area contributed by atoms with Crippen LogP contribution >= 0.6 is 7.60 Å². The SMILES string of the molecule is CCOP(=O)(OCC)C(C)(N=O)C(=O)OC. The van der Waals surface area contributed by atoms with Gasteiger partial charge in [0.25, 0.3) is 5.28 Å². The summed E-state index contributed by atoms with van der Waals surface area (Å²) < 4.78 is 26.4. The van der Waals surface area contributed by atoms with Crippen molar-refractivity contribution in [2.75, 3.05) is 20.3 Å². The third kappa shape index (κ3) is 2.66. The number of carbonyl (C=O) groups excluding carboxylic acids is 1. The number of carbonyl (C=O) groups is 1. The maximum Gasteiger partial charge on any atom is 0.372 e. The van der Waals surface area contributed by atoms with Crippen LogP contribution in [-0.4, -0.2) is 31.6 Å². The molecule has 0 aliphatic carbocycles. The maximum atomic E-state index is 12.2. The second-order valence-electron chi connectivity index (χ2n) is 2.94. The van der Waals surface area contributed by atoms with E-state index >= 15 is 0 Å². The fraction of sp³-hybridized carbons (Fsp3) is 0.875. The fourth-order valence-corrected chi connectivity index (χ4v) is 2.69. The van der Waals surface area contributed by atoms with E-state index in [1.165, 1.54) is 0 Å². The van der Waals surface area contributed by atoms with Crippen LogP contribution in [0.2, 0.25) is 0 Å². The molecule has 94 valence electrons. The quantitative estimate of drug-likeness (QED) is 0.391. The first-order valence-electron chi connectivity index (χ1n) is 4.74. The molecule has 1 unspecified atom stereocenters. The van der Waals surface area contributed by atoms with Crippen LogP contribution in [0.25, 0.3) is 0 Å². The average molecular weight is 253 g/mol. The van der Waals surface area contributed by atoms with Crippen LogP contribution in [-0.2, 0) is 23.1 Å². The van der Waals surface area contributed by atoms with Crippen molar-refractivity contribution in [1.82, 2.24) is 0 Å². The Bertz CT molecular complexity index is 297. The van der Waals surface area contributed by atoms with Crippen molar-refractivity contribution in [1.29, 1.82) is 0 Å². The van der Waals surface area contributed by atoms with Gasteiger partial charge in [-0.05, 0) is 25.9 Å². The molecular weight excluding hydrogens is 237 g/mol. The molecule has 0 spiro atoms. The van der Waals surface area contributed by atoms with Gasteiger partial charge in [-0.25, -0.2) is 4.79 Å². The summed E-state index contributed by atoms with van der Waals surface area (Å²) in [6, 6.07) is 0. The first-order valence-corrected chi connectivity index (χ1v) is 6.28. The summed E-state index contributed by atoms with van der Waals surface area (Å²) in [5.41, 5.74) is 0. The van der Waals surface area contributed by atoms with Crippen LogP contribution in [0.1, 0.15) is 20.8 Å². The molecule has 0 aliphatic heterocycles. The van der Waals surface area contributed by atoms with E-state index in [1.54, 1.807) is 13.8 Å². The summed E-state index contributed by atoms with van der Waals surface area (Å²) in [5, 5.41) is 0.390. The molecule has 0 bridgehead atoms. The molecule has 0 heterocycles. The van der Waals surface area contributed by atoms with Gasteiger partial charge < -0.3 is 13.8 Å². The van der Waals surface area contributed by atoms with Crippen LogP contribution in [0.4, 0.5) is 0 Å². The number of hydrogen-bond acceptors (Lipinski definition) is 7. The van der Waals surface area contributed by atoms with Gasteiger partial charge in [0, 0.05) is 0 Å². The summed E-state index contributed by atoms with van der Waals surface area (Å²) in [7, 11) is -2.90. The first kappa shape index (κ1) is 15.2. The van der Waals surface area contributed by atoms with E-state index in [0.717, 1.165) is 14.0 Å². The van der Waals surface area contributed by atoms with Crippen LogP contribution < -0.4 is 0 Å². The standard InChI is InChI=1S/C8H16NO6P/c1-5-14-16(12,15-6-2)8(3,9-11)7(10)13-4/h5-6H2,1-4H3. The monoisotopic (exact) mass is 253 g/mol. The van der Waals surface area contributed by atoms with Crippen molar-refractivity contribution in [3.63, 3.8) is 0 Å². The second-order valence-corrected chi connectivity index (χ2v) is 5.32. The highest BCUT2D eigenvalue weighted by Crippen LogP contribution is 2.60. The minimum Gasteiger partial charge on any atom is -0.467 e. The number of rotatable bonds is 7. The first-order chi connectivity index (χ1) is 7.41. The zero-order chi connectivity index (χ0) is 12.8. The van der Waals surface area contributed by atoms with Crippen molar-refractivity contribution in [3.8, 4) is 0 Å². The highest BCUT2D eigenvalue weighted by molar-refractivity contribution is 7.56. The highest BCUT2D eigenvalue weighted by atomic mass is 31.2. The Hall–Kier alpha value is -0.780. The molecule has 0 rings (SSSR count). The largest absolute Gasteiger partial charge is 0.467 e. The third-order valence-corrected chi connectivity index (χ3v) is 4.41. The summed E-state index contributed by atoms with van der Waals surface area (Å²) in [6.45, 7) is 4.25. The Kier molecular flexibility index (Phi) is 5.78. The smallest absolute Gasteiger partial charge is 0.372 e. The van der Waals surface area contributed by atoms with E-state index in [-0.39, 0.29) is 13.2 Å². The molecule has 0 aromatic carbocycles. The Morgan fingerprint density at radius 1 is 1.31 bits per heavy atom. The molecule has 16 heavy (non-hydrogen) atoms. The van der Waals surface area contributed by atoms with Gasteiger partial charge in [-0.15, -0.1) is 4.91 Å². The molecule has 0 N–H and O–H groups in total. The summed E-state index contributed by atoms with van der Waals surface area (Å²) in [5.74, 6) is -1.05. The summed E-state index contributed by atoms with van der Waals surface area (Å²) >= 11 is 0. The molecule has 8 heteroatoms. The van der Waals surface area contributed by atoms with E-state index in [1.807, 2.05) is 0 Å². The van der Waals surface area contributed by atoms with Crippen molar-refractivity contribution < 1.29 is 23.1 Å². The van der Waals surface area contributed by atoms with E-state index in [2.05, 4.69) is 9.91 Å². The van der Waals surface area contributed by atoms with Crippen molar-refractivity contribution in [3.05, 3.63) is 4.91 Å². The van der Waals surface area contributed by atoms with Crippen molar-refractivity contribution in [2.24, 2.45) is 5.18 Å². The van der Waals surface area contributed by atoms with Crippen molar-refractivity contribution >= 4 is 13.6 Å². The van der Waals surface area contributed by atoms with Gasteiger partial charge in [-0.1, -0.05) is 0 Å². The Labute approximate surface area is 94.0 Å². The lowest BCUT2D eigenvalue weighted by Crippen LogP contribution is -2.35. The third-order valence-electron chi connectivity index (χ3n) is 1.88. The highest BCUT2D eigenvalue weighted by Gasteiger charge is 2.56. The fourth-order valence-electron chi connectivity index (χ4n) is 1.02. The molecule has 0 fully saturated rings. The number of hydrogen-bond donors (Lipinski definition) is 0. The topological polar surface area (TPSA) is 91.3 Å². The van der Waals surface area contributed by atoms with Crippen molar-refractivity contribution in [2.45, 2.75) is 26.1 Å². The molecule has 1 atom stereocenters. The van der Waals surface area contributed by atoms with Gasteiger partial charge >= 0.3 is 13.6 Å². The number of esters is 1. The molecule has 0 aliphatic rings. The maximum absolute atomic E-state index is 12.2. The van der Waals surface area contributed by atoms with Crippen LogP contribution in [0.15, 0.2) is 5.18 Å². The Morgan fingerprint density at radius 2 is 1.75 bits per heavy atom. The minimum atomic E-state index is -3.97. The molecule has 0 radical (unpaired) electrons. The molecule has 7 nitrogen and oxygen atoms in total. The molecule has 0 saturated carbocycles. The average Bonchev–Trinajstić information content (AvgIpc) is 2.27. The van der Waals surface area contributed by atoms with Gasteiger partial charge in [0.15, 0.2) is 0 Å². The van der Waals surface area contributed by atoms with Gasteiger partial charge in [-0.2, -0.15) is 0 Å². The predicted molar refractivity (Wildman–Crippen MR) is 57.1 cm³/mol. The zero-order valence-corrected chi connectivity index (χ0v) is 10.7. The normalized spacial score (nSPS) is 15.2. The molecule has 0 amide bonds. The minimum absolute atomic E-state index is 0.0272. The van der Waals surface area contributed by atoms with Gasteiger partial charge in [0.1, 0.15) is 0 Å². The van der Waals surface area contributed by atoms with Gasteiger partial charge in [0.05, 0.1) is 20.3 Å². The number of nitroso groups, excluding NO2 is 1. The lowest BCUT2D eigenvalue weighted by Gasteiger charge is -2.27.